The van der Waals surface area contributed by atoms with Crippen LogP contribution in [0, 0.1) is 0 Å². The lowest BCUT2D eigenvalue weighted by Crippen LogP contribution is -2.43. The van der Waals surface area contributed by atoms with Crippen molar-refractivity contribution in [3.05, 3.63) is 52.5 Å². The highest BCUT2D eigenvalue weighted by Crippen LogP contribution is 2.46. The molecular weight excluding hydrogens is 373 g/mol. The van der Waals surface area contributed by atoms with Gasteiger partial charge in [0.25, 0.3) is 0 Å². The Morgan fingerprint density at radius 3 is 2.82 bits per heavy atom. The van der Waals surface area contributed by atoms with Gasteiger partial charge in [0, 0.05) is 40.6 Å². The summed E-state index contributed by atoms with van der Waals surface area (Å²) < 4.78 is 12.0. The second kappa shape index (κ2) is 8.18. The summed E-state index contributed by atoms with van der Waals surface area (Å²) in [5.74, 6) is 1.68. The number of carbonyl (C=O) groups is 1. The van der Waals surface area contributed by atoms with E-state index < -0.39 is 0 Å². The predicted molar refractivity (Wildman–Crippen MR) is 111 cm³/mol. The zero-order valence-electron chi connectivity index (χ0n) is 15.8. The highest BCUT2D eigenvalue weighted by Gasteiger charge is 2.43. The zero-order chi connectivity index (χ0) is 19.6. The maximum Gasteiger partial charge on any atom is 0.126 e. The van der Waals surface area contributed by atoms with Gasteiger partial charge in [-0.2, -0.15) is 0 Å². The lowest BCUT2D eigenvalue weighted by Gasteiger charge is -2.38. The first-order valence-corrected chi connectivity index (χ1v) is 10.1. The van der Waals surface area contributed by atoms with Crippen LogP contribution in [0.1, 0.15) is 30.4 Å². The molecule has 1 fully saturated rings. The normalized spacial score (nSPS) is 17.9. The van der Waals surface area contributed by atoms with Gasteiger partial charge in [-0.05, 0) is 38.1 Å². The number of aldehydes is 1. The van der Waals surface area contributed by atoms with Crippen molar-refractivity contribution in [3.63, 3.8) is 0 Å². The van der Waals surface area contributed by atoms with E-state index in [0.29, 0.717) is 30.1 Å². The van der Waals surface area contributed by atoms with Crippen molar-refractivity contribution in [2.75, 3.05) is 26.2 Å². The van der Waals surface area contributed by atoms with Gasteiger partial charge in [-0.1, -0.05) is 35.3 Å². The first-order valence-electron chi connectivity index (χ1n) is 9.70. The average Bonchev–Trinajstić information content (AvgIpc) is 3.06. The molecule has 0 saturated carbocycles. The SMILES string of the molecule is [B]c1ccc(Cl)c(COc2ccc3c(c2)OCC32CCN(CCC=O)CC2)c1. The van der Waals surface area contributed by atoms with E-state index in [4.69, 9.17) is 28.9 Å². The molecule has 2 aliphatic heterocycles. The molecule has 4 nitrogen and oxygen atoms in total. The minimum absolute atomic E-state index is 0.0860. The molecule has 1 saturated heterocycles. The molecule has 2 aromatic carbocycles. The van der Waals surface area contributed by atoms with Gasteiger partial charge < -0.3 is 19.2 Å². The van der Waals surface area contributed by atoms with E-state index in [2.05, 4.69) is 11.0 Å². The number of fused-ring (bicyclic) bond motifs is 2. The quantitative estimate of drug-likeness (QED) is 0.557. The largest absolute Gasteiger partial charge is 0.492 e. The molecule has 0 aromatic heterocycles. The maximum atomic E-state index is 10.6. The zero-order valence-corrected chi connectivity index (χ0v) is 16.6. The summed E-state index contributed by atoms with van der Waals surface area (Å²) in [5.41, 5.74) is 2.89. The molecule has 4 rings (SSSR count). The fourth-order valence-corrected chi connectivity index (χ4v) is 4.34. The summed E-state index contributed by atoms with van der Waals surface area (Å²) in [6.45, 7) is 3.94. The number of ether oxygens (including phenoxy) is 2. The van der Waals surface area contributed by atoms with E-state index in [9.17, 15) is 4.79 Å². The third kappa shape index (κ3) is 3.92. The number of halogens is 1. The first-order chi connectivity index (χ1) is 13.6. The van der Waals surface area contributed by atoms with Gasteiger partial charge in [0.15, 0.2) is 0 Å². The van der Waals surface area contributed by atoms with E-state index in [1.165, 1.54) is 5.56 Å². The number of hydrogen-bond donors (Lipinski definition) is 0. The van der Waals surface area contributed by atoms with Crippen molar-refractivity contribution in [2.45, 2.75) is 31.3 Å². The molecule has 2 radical (unpaired) electrons. The second-order valence-electron chi connectivity index (χ2n) is 7.66. The van der Waals surface area contributed by atoms with E-state index in [-0.39, 0.29) is 5.41 Å². The molecular formula is C22H23BClNO3. The fraction of sp³-hybridized carbons (Fsp3) is 0.409. The highest BCUT2D eigenvalue weighted by molar-refractivity contribution is 6.34. The van der Waals surface area contributed by atoms with E-state index in [1.807, 2.05) is 18.2 Å². The molecule has 0 unspecified atom stereocenters. The van der Waals surface area contributed by atoms with Crippen molar-refractivity contribution in [1.82, 2.24) is 4.90 Å². The molecule has 2 aliphatic rings. The van der Waals surface area contributed by atoms with Gasteiger partial charge in [0.2, 0.25) is 0 Å². The number of benzene rings is 2. The summed E-state index contributed by atoms with van der Waals surface area (Å²) in [6.07, 6.45) is 3.71. The highest BCUT2D eigenvalue weighted by atomic mass is 35.5. The molecule has 0 atom stereocenters. The summed E-state index contributed by atoms with van der Waals surface area (Å²) in [5, 5.41) is 0.645. The number of rotatable bonds is 6. The van der Waals surface area contributed by atoms with Crippen molar-refractivity contribution < 1.29 is 14.3 Å². The Kier molecular flexibility index (Phi) is 5.65. The van der Waals surface area contributed by atoms with Crippen LogP contribution in [0.15, 0.2) is 36.4 Å². The summed E-state index contributed by atoms with van der Waals surface area (Å²) in [7, 11) is 5.83. The van der Waals surface area contributed by atoms with Crippen LogP contribution in [0.2, 0.25) is 5.02 Å². The molecule has 28 heavy (non-hydrogen) atoms. The molecule has 144 valence electrons. The second-order valence-corrected chi connectivity index (χ2v) is 8.07. The predicted octanol–water partition coefficient (Wildman–Crippen LogP) is 3.03. The van der Waals surface area contributed by atoms with Gasteiger partial charge in [-0.25, -0.2) is 0 Å². The number of piperidine rings is 1. The Morgan fingerprint density at radius 2 is 2.04 bits per heavy atom. The third-order valence-electron chi connectivity index (χ3n) is 5.87. The molecule has 0 bridgehead atoms. The topological polar surface area (TPSA) is 38.8 Å². The van der Waals surface area contributed by atoms with Gasteiger partial charge in [-0.15, -0.1) is 0 Å². The van der Waals surface area contributed by atoms with Crippen LogP contribution >= 0.6 is 11.6 Å². The van der Waals surface area contributed by atoms with Crippen LogP contribution in [-0.4, -0.2) is 45.3 Å². The van der Waals surface area contributed by atoms with E-state index in [0.717, 1.165) is 55.8 Å². The van der Waals surface area contributed by atoms with Crippen molar-refractivity contribution in [3.8, 4) is 11.5 Å². The van der Waals surface area contributed by atoms with Crippen LogP contribution in [-0.2, 0) is 16.8 Å². The monoisotopic (exact) mass is 395 g/mol. The maximum absolute atomic E-state index is 10.6. The molecule has 0 N–H and O–H groups in total. The Bertz CT molecular complexity index is 865. The lowest BCUT2D eigenvalue weighted by molar-refractivity contribution is -0.108. The minimum Gasteiger partial charge on any atom is -0.492 e. The van der Waals surface area contributed by atoms with Gasteiger partial charge in [0.05, 0.1) is 6.61 Å². The van der Waals surface area contributed by atoms with Crippen LogP contribution in [0.5, 0.6) is 11.5 Å². The van der Waals surface area contributed by atoms with Crippen molar-refractivity contribution >= 4 is 31.2 Å². The first kappa shape index (κ1) is 19.3. The summed E-state index contributed by atoms with van der Waals surface area (Å²) >= 11 is 6.21. The van der Waals surface area contributed by atoms with Crippen molar-refractivity contribution in [2.24, 2.45) is 0 Å². The summed E-state index contributed by atoms with van der Waals surface area (Å²) in [6, 6.07) is 11.5. The Balaban J connectivity index is 1.42. The molecule has 2 heterocycles. The standard InChI is InChI=1S/C22H23BClNO3/c23-17-2-5-20(24)16(12-17)14-27-18-3-4-19-21(13-18)28-15-22(19)6-9-25(10-7-22)8-1-11-26/h2-5,11-13H,1,6-10,14-15H2. The number of hydrogen-bond acceptors (Lipinski definition) is 4. The lowest BCUT2D eigenvalue weighted by atomic mass is 9.74. The van der Waals surface area contributed by atoms with Crippen LogP contribution in [0.3, 0.4) is 0 Å². The van der Waals surface area contributed by atoms with E-state index >= 15 is 0 Å². The number of likely N-dealkylation sites (tertiary alicyclic amines) is 1. The van der Waals surface area contributed by atoms with Crippen LogP contribution < -0.4 is 14.9 Å². The van der Waals surface area contributed by atoms with Gasteiger partial charge in [-0.3, -0.25) is 0 Å². The number of carbonyl (C=O) groups excluding carboxylic acids is 1. The van der Waals surface area contributed by atoms with E-state index in [1.54, 1.807) is 12.1 Å². The van der Waals surface area contributed by atoms with Gasteiger partial charge >= 0.3 is 0 Å². The summed E-state index contributed by atoms with van der Waals surface area (Å²) in [4.78, 5) is 13.0. The molecule has 1 spiro atoms. The van der Waals surface area contributed by atoms with Crippen molar-refractivity contribution in [1.29, 1.82) is 0 Å². The smallest absolute Gasteiger partial charge is 0.126 e. The molecule has 0 aliphatic carbocycles. The molecule has 0 amide bonds. The number of nitrogens with zero attached hydrogens (tertiary/aromatic N) is 1. The van der Waals surface area contributed by atoms with Crippen LogP contribution in [0.25, 0.3) is 0 Å². The average molecular weight is 396 g/mol. The Labute approximate surface area is 172 Å². The molecule has 6 heteroatoms. The Hall–Kier alpha value is -1.98. The Morgan fingerprint density at radius 1 is 1.21 bits per heavy atom. The third-order valence-corrected chi connectivity index (χ3v) is 6.24. The van der Waals surface area contributed by atoms with Crippen LogP contribution in [0.4, 0.5) is 0 Å². The molecule has 2 aromatic rings. The van der Waals surface area contributed by atoms with Gasteiger partial charge in [0.1, 0.15) is 32.2 Å². The fourth-order valence-electron chi connectivity index (χ4n) is 4.16. The minimum atomic E-state index is 0.0860.